The largest absolute Gasteiger partial charge is 0.355 e. The van der Waals surface area contributed by atoms with E-state index in [1.165, 1.54) is 18.4 Å². The molecule has 0 aliphatic carbocycles. The molecule has 3 nitrogen and oxygen atoms in total. The Morgan fingerprint density at radius 2 is 1.90 bits per heavy atom. The lowest BCUT2D eigenvalue weighted by atomic mass is 10.1. The van der Waals surface area contributed by atoms with E-state index < -0.39 is 0 Å². The van der Waals surface area contributed by atoms with Crippen LogP contribution in [0.25, 0.3) is 0 Å². The Morgan fingerprint density at radius 1 is 1.20 bits per heavy atom. The molecule has 0 aliphatic rings. The summed E-state index contributed by atoms with van der Waals surface area (Å²) in [5.74, 6) is 0.0807. The van der Waals surface area contributed by atoms with Crippen LogP contribution >= 0.6 is 11.6 Å². The van der Waals surface area contributed by atoms with Crippen molar-refractivity contribution in [1.29, 1.82) is 0 Å². The second-order valence-electron chi connectivity index (χ2n) is 5.05. The fourth-order valence-electron chi connectivity index (χ4n) is 1.92. The van der Waals surface area contributed by atoms with E-state index in [1.807, 2.05) is 31.2 Å². The molecule has 1 unspecified atom stereocenters. The molecule has 0 saturated carbocycles. The number of carbonyl (C=O) groups excluding carboxylic acids is 1. The zero-order valence-electron chi connectivity index (χ0n) is 12.4. The predicted molar refractivity (Wildman–Crippen MR) is 85.2 cm³/mol. The molecule has 0 fully saturated rings. The first-order chi connectivity index (χ1) is 9.63. The SMILES string of the molecule is CCCCCNC(=O)C(C)NCCc1ccc(Cl)cc1. The third kappa shape index (κ3) is 6.92. The first-order valence-electron chi connectivity index (χ1n) is 7.39. The van der Waals surface area contributed by atoms with E-state index in [-0.39, 0.29) is 11.9 Å². The van der Waals surface area contributed by atoms with Gasteiger partial charge < -0.3 is 10.6 Å². The molecule has 2 N–H and O–H groups in total. The third-order valence-corrected chi connectivity index (χ3v) is 3.50. The van der Waals surface area contributed by atoms with Gasteiger partial charge in [0.15, 0.2) is 0 Å². The van der Waals surface area contributed by atoms with E-state index in [0.29, 0.717) is 0 Å². The summed E-state index contributed by atoms with van der Waals surface area (Å²) in [5.41, 5.74) is 1.22. The van der Waals surface area contributed by atoms with E-state index in [1.54, 1.807) is 0 Å². The Balaban J connectivity index is 2.17. The molecule has 0 spiro atoms. The van der Waals surface area contributed by atoms with Gasteiger partial charge in [0.1, 0.15) is 0 Å². The van der Waals surface area contributed by atoms with E-state index in [2.05, 4.69) is 17.6 Å². The van der Waals surface area contributed by atoms with E-state index in [4.69, 9.17) is 11.6 Å². The van der Waals surface area contributed by atoms with E-state index in [9.17, 15) is 4.79 Å². The zero-order valence-corrected chi connectivity index (χ0v) is 13.2. The highest BCUT2D eigenvalue weighted by Crippen LogP contribution is 2.09. The smallest absolute Gasteiger partial charge is 0.236 e. The number of nitrogens with one attached hydrogen (secondary N) is 2. The Labute approximate surface area is 127 Å². The number of hydrogen-bond donors (Lipinski definition) is 2. The van der Waals surface area contributed by atoms with Crippen molar-refractivity contribution < 1.29 is 4.79 Å². The first kappa shape index (κ1) is 17.0. The van der Waals surface area contributed by atoms with E-state index in [0.717, 1.165) is 31.0 Å². The highest BCUT2D eigenvalue weighted by Gasteiger charge is 2.10. The maximum atomic E-state index is 11.8. The van der Waals surface area contributed by atoms with Crippen molar-refractivity contribution in [3.63, 3.8) is 0 Å². The van der Waals surface area contributed by atoms with Crippen molar-refractivity contribution in [3.05, 3.63) is 34.9 Å². The highest BCUT2D eigenvalue weighted by molar-refractivity contribution is 6.30. The van der Waals surface area contributed by atoms with Crippen LogP contribution in [0.15, 0.2) is 24.3 Å². The van der Waals surface area contributed by atoms with Crippen molar-refractivity contribution in [3.8, 4) is 0 Å². The van der Waals surface area contributed by atoms with Gasteiger partial charge in [0.2, 0.25) is 5.91 Å². The molecule has 112 valence electrons. The normalized spacial score (nSPS) is 12.2. The van der Waals surface area contributed by atoms with Gasteiger partial charge in [0, 0.05) is 11.6 Å². The average Bonchev–Trinajstić information content (AvgIpc) is 2.45. The molecule has 1 aromatic rings. The van der Waals surface area contributed by atoms with Crippen LogP contribution in [0.4, 0.5) is 0 Å². The Kier molecular flexibility index (Phi) is 8.31. The van der Waals surface area contributed by atoms with E-state index >= 15 is 0 Å². The van der Waals surface area contributed by atoms with Crippen LogP contribution in [0.5, 0.6) is 0 Å². The maximum absolute atomic E-state index is 11.8. The molecule has 0 bridgehead atoms. The minimum absolute atomic E-state index is 0.0807. The molecule has 0 heterocycles. The second-order valence-corrected chi connectivity index (χ2v) is 5.49. The summed E-state index contributed by atoms with van der Waals surface area (Å²) in [7, 11) is 0. The lowest BCUT2D eigenvalue weighted by molar-refractivity contribution is -0.122. The number of benzene rings is 1. The molecule has 1 aromatic carbocycles. The predicted octanol–water partition coefficient (Wildman–Crippen LogP) is 3.17. The minimum Gasteiger partial charge on any atom is -0.355 e. The summed E-state index contributed by atoms with van der Waals surface area (Å²) in [6, 6.07) is 7.66. The van der Waals surface area contributed by atoms with Crippen LogP contribution in [0, 0.1) is 0 Å². The summed E-state index contributed by atoms with van der Waals surface area (Å²) in [6.07, 6.45) is 4.29. The van der Waals surface area contributed by atoms with Crippen LogP contribution in [-0.4, -0.2) is 25.0 Å². The second kappa shape index (κ2) is 9.78. The lowest BCUT2D eigenvalue weighted by Gasteiger charge is -2.14. The van der Waals surface area contributed by atoms with Crippen molar-refractivity contribution in [2.24, 2.45) is 0 Å². The van der Waals surface area contributed by atoms with Crippen molar-refractivity contribution in [2.45, 2.75) is 45.6 Å². The third-order valence-electron chi connectivity index (χ3n) is 3.25. The number of unbranched alkanes of at least 4 members (excludes halogenated alkanes) is 2. The van der Waals surface area contributed by atoms with Gasteiger partial charge in [0.25, 0.3) is 0 Å². The van der Waals surface area contributed by atoms with Crippen molar-refractivity contribution in [2.75, 3.05) is 13.1 Å². The molecule has 0 radical (unpaired) electrons. The summed E-state index contributed by atoms with van der Waals surface area (Å²) in [5, 5.41) is 6.95. The standard InChI is InChI=1S/C16H25ClN2O/c1-3-4-5-11-19-16(20)13(2)18-12-10-14-6-8-15(17)9-7-14/h6-9,13,18H,3-5,10-12H2,1-2H3,(H,19,20). The number of amides is 1. The number of carbonyl (C=O) groups is 1. The van der Waals surface area contributed by atoms with Gasteiger partial charge in [-0.05, 0) is 44.0 Å². The Bertz CT molecular complexity index is 392. The van der Waals surface area contributed by atoms with Gasteiger partial charge in [0.05, 0.1) is 6.04 Å². The van der Waals surface area contributed by atoms with Gasteiger partial charge >= 0.3 is 0 Å². The monoisotopic (exact) mass is 296 g/mol. The molecule has 1 amide bonds. The topological polar surface area (TPSA) is 41.1 Å². The minimum atomic E-state index is -0.149. The first-order valence-corrected chi connectivity index (χ1v) is 7.76. The molecule has 0 aliphatic heterocycles. The Morgan fingerprint density at radius 3 is 2.55 bits per heavy atom. The quantitative estimate of drug-likeness (QED) is 0.687. The molecule has 0 saturated heterocycles. The van der Waals surface area contributed by atoms with Gasteiger partial charge in [-0.25, -0.2) is 0 Å². The number of halogens is 1. The fraction of sp³-hybridized carbons (Fsp3) is 0.562. The van der Waals surface area contributed by atoms with Gasteiger partial charge in [-0.1, -0.05) is 43.5 Å². The van der Waals surface area contributed by atoms with Gasteiger partial charge in [-0.15, -0.1) is 0 Å². The maximum Gasteiger partial charge on any atom is 0.236 e. The summed E-state index contributed by atoms with van der Waals surface area (Å²) < 4.78 is 0. The molecule has 0 aromatic heterocycles. The average molecular weight is 297 g/mol. The summed E-state index contributed by atoms with van der Waals surface area (Å²) >= 11 is 5.84. The molecular weight excluding hydrogens is 272 g/mol. The zero-order chi connectivity index (χ0) is 14.8. The number of hydrogen-bond acceptors (Lipinski definition) is 2. The van der Waals surface area contributed by atoms with Crippen LogP contribution in [0.3, 0.4) is 0 Å². The molecule has 1 atom stereocenters. The van der Waals surface area contributed by atoms with Crippen LogP contribution in [0.2, 0.25) is 5.02 Å². The van der Waals surface area contributed by atoms with Crippen molar-refractivity contribution in [1.82, 2.24) is 10.6 Å². The highest BCUT2D eigenvalue weighted by atomic mass is 35.5. The molecular formula is C16H25ClN2O. The molecule has 4 heteroatoms. The summed E-state index contributed by atoms with van der Waals surface area (Å²) in [6.45, 7) is 5.61. The van der Waals surface area contributed by atoms with Crippen LogP contribution in [-0.2, 0) is 11.2 Å². The van der Waals surface area contributed by atoms with Crippen LogP contribution < -0.4 is 10.6 Å². The van der Waals surface area contributed by atoms with Crippen LogP contribution in [0.1, 0.15) is 38.7 Å². The van der Waals surface area contributed by atoms with Crippen molar-refractivity contribution >= 4 is 17.5 Å². The lowest BCUT2D eigenvalue weighted by Crippen LogP contribution is -2.43. The van der Waals surface area contributed by atoms with Gasteiger partial charge in [-0.2, -0.15) is 0 Å². The summed E-state index contributed by atoms with van der Waals surface area (Å²) in [4.78, 5) is 11.8. The number of rotatable bonds is 9. The Hall–Kier alpha value is -1.06. The molecule has 1 rings (SSSR count). The fourth-order valence-corrected chi connectivity index (χ4v) is 2.04. The molecule has 20 heavy (non-hydrogen) atoms. The van der Waals surface area contributed by atoms with Gasteiger partial charge in [-0.3, -0.25) is 4.79 Å².